The number of hydrogen-bond donors (Lipinski definition) is 0. The van der Waals surface area contributed by atoms with Gasteiger partial charge in [-0.2, -0.15) is 0 Å². The molecular formula is C7H6BrClN2. The average molecular weight is 233 g/mol. The lowest BCUT2D eigenvalue weighted by Gasteiger charge is -1.99. The molecule has 1 aliphatic carbocycles. The number of nitrogens with zero attached hydrogens (tertiary/aromatic N) is 2. The predicted octanol–water partition coefficient (Wildman–Crippen LogP) is 2.77. The minimum atomic E-state index is 0.343. The Labute approximate surface area is 78.1 Å². The smallest absolute Gasteiger partial charge is 0.222 e. The molecule has 0 unspecified atom stereocenters. The first-order valence-electron chi connectivity index (χ1n) is 3.45. The topological polar surface area (TPSA) is 25.8 Å². The van der Waals surface area contributed by atoms with Crippen LogP contribution in [0.5, 0.6) is 0 Å². The first kappa shape index (κ1) is 7.50. The van der Waals surface area contributed by atoms with E-state index in [4.69, 9.17) is 11.6 Å². The Hall–Kier alpha value is -0.150. The lowest BCUT2D eigenvalue weighted by atomic mass is 10.3. The van der Waals surface area contributed by atoms with Gasteiger partial charge >= 0.3 is 0 Å². The zero-order valence-electron chi connectivity index (χ0n) is 5.72. The Morgan fingerprint density at radius 3 is 2.91 bits per heavy atom. The van der Waals surface area contributed by atoms with Gasteiger partial charge in [0.2, 0.25) is 5.28 Å². The van der Waals surface area contributed by atoms with Crippen molar-refractivity contribution in [3.8, 4) is 0 Å². The summed E-state index contributed by atoms with van der Waals surface area (Å²) in [6, 6.07) is 0. The fourth-order valence-electron chi connectivity index (χ4n) is 1.00. The minimum absolute atomic E-state index is 0.343. The standard InChI is InChI=1S/C7H6BrClN2/c8-5-3-10-7(9)11-6(5)4-1-2-4/h3-4H,1-2H2. The van der Waals surface area contributed by atoms with E-state index >= 15 is 0 Å². The van der Waals surface area contributed by atoms with Gasteiger partial charge in [-0.1, -0.05) is 0 Å². The van der Waals surface area contributed by atoms with E-state index in [0.717, 1.165) is 10.2 Å². The highest BCUT2D eigenvalue weighted by molar-refractivity contribution is 9.10. The molecule has 58 valence electrons. The van der Waals surface area contributed by atoms with Gasteiger partial charge in [0.05, 0.1) is 10.2 Å². The van der Waals surface area contributed by atoms with E-state index in [1.54, 1.807) is 6.20 Å². The molecule has 1 aromatic heterocycles. The normalized spacial score (nSPS) is 16.9. The molecule has 1 saturated carbocycles. The third-order valence-electron chi connectivity index (χ3n) is 1.71. The molecule has 2 rings (SSSR count). The molecule has 4 heteroatoms. The van der Waals surface area contributed by atoms with E-state index in [-0.39, 0.29) is 0 Å². The molecule has 0 aliphatic heterocycles. The summed E-state index contributed by atoms with van der Waals surface area (Å²) in [5.74, 6) is 0.616. The van der Waals surface area contributed by atoms with Crippen molar-refractivity contribution >= 4 is 27.5 Å². The number of hydrogen-bond acceptors (Lipinski definition) is 2. The van der Waals surface area contributed by atoms with Crippen molar-refractivity contribution in [3.05, 3.63) is 21.6 Å². The van der Waals surface area contributed by atoms with Crippen LogP contribution in [0.4, 0.5) is 0 Å². The van der Waals surface area contributed by atoms with Gasteiger partial charge in [-0.3, -0.25) is 0 Å². The summed E-state index contributed by atoms with van der Waals surface area (Å²) < 4.78 is 0.976. The van der Waals surface area contributed by atoms with Crippen molar-refractivity contribution in [3.63, 3.8) is 0 Å². The first-order valence-corrected chi connectivity index (χ1v) is 4.62. The molecule has 0 saturated heterocycles. The molecule has 1 aromatic rings. The molecule has 0 amide bonds. The largest absolute Gasteiger partial charge is 0.225 e. The van der Waals surface area contributed by atoms with Crippen LogP contribution in [0.3, 0.4) is 0 Å². The summed E-state index contributed by atoms with van der Waals surface area (Å²) in [6.45, 7) is 0. The molecule has 2 nitrogen and oxygen atoms in total. The highest BCUT2D eigenvalue weighted by Gasteiger charge is 2.27. The van der Waals surface area contributed by atoms with E-state index in [1.165, 1.54) is 12.8 Å². The van der Waals surface area contributed by atoms with Gasteiger partial charge in [0.15, 0.2) is 0 Å². The molecular weight excluding hydrogens is 227 g/mol. The van der Waals surface area contributed by atoms with Crippen molar-refractivity contribution in [2.45, 2.75) is 18.8 Å². The maximum absolute atomic E-state index is 5.65. The maximum atomic E-state index is 5.65. The molecule has 11 heavy (non-hydrogen) atoms. The van der Waals surface area contributed by atoms with Gasteiger partial charge in [0.1, 0.15) is 0 Å². The summed E-state index contributed by atoms with van der Waals surface area (Å²) in [4.78, 5) is 8.00. The second-order valence-electron chi connectivity index (χ2n) is 2.65. The second kappa shape index (κ2) is 2.72. The zero-order chi connectivity index (χ0) is 7.84. The SMILES string of the molecule is Clc1ncc(Br)c(C2CC2)n1. The number of aromatic nitrogens is 2. The van der Waals surface area contributed by atoms with Crippen LogP contribution < -0.4 is 0 Å². The second-order valence-corrected chi connectivity index (χ2v) is 3.84. The Morgan fingerprint density at radius 2 is 2.27 bits per heavy atom. The van der Waals surface area contributed by atoms with Crippen LogP contribution in [0.2, 0.25) is 5.28 Å². The first-order chi connectivity index (χ1) is 5.27. The van der Waals surface area contributed by atoms with Gasteiger partial charge in [-0.25, -0.2) is 9.97 Å². The highest BCUT2D eigenvalue weighted by Crippen LogP contribution is 2.42. The van der Waals surface area contributed by atoms with Gasteiger partial charge < -0.3 is 0 Å². The van der Waals surface area contributed by atoms with Crippen LogP contribution in [0, 0.1) is 0 Å². The lowest BCUT2D eigenvalue weighted by Crippen LogP contribution is -1.90. The van der Waals surface area contributed by atoms with Crippen LogP contribution >= 0.6 is 27.5 Å². The van der Waals surface area contributed by atoms with Gasteiger partial charge in [-0.05, 0) is 40.4 Å². The Balaban J connectivity index is 2.42. The van der Waals surface area contributed by atoms with Crippen molar-refractivity contribution in [2.24, 2.45) is 0 Å². The summed E-state index contributed by atoms with van der Waals surface area (Å²) in [5, 5.41) is 0.343. The fourth-order valence-corrected chi connectivity index (χ4v) is 1.66. The Kier molecular flexibility index (Phi) is 1.85. The minimum Gasteiger partial charge on any atom is -0.225 e. The van der Waals surface area contributed by atoms with Crippen molar-refractivity contribution in [2.75, 3.05) is 0 Å². The van der Waals surface area contributed by atoms with E-state index in [1.807, 2.05) is 0 Å². The van der Waals surface area contributed by atoms with Gasteiger partial charge in [-0.15, -0.1) is 0 Å². The van der Waals surface area contributed by atoms with Crippen molar-refractivity contribution in [1.29, 1.82) is 0 Å². The highest BCUT2D eigenvalue weighted by atomic mass is 79.9. The summed E-state index contributed by atoms with van der Waals surface area (Å²) in [5.41, 5.74) is 1.06. The molecule has 0 aromatic carbocycles. The Morgan fingerprint density at radius 1 is 1.55 bits per heavy atom. The van der Waals surface area contributed by atoms with Crippen LogP contribution in [0.15, 0.2) is 10.7 Å². The molecule has 0 atom stereocenters. The molecule has 0 spiro atoms. The maximum Gasteiger partial charge on any atom is 0.222 e. The molecule has 0 N–H and O–H groups in total. The van der Waals surface area contributed by atoms with E-state index in [2.05, 4.69) is 25.9 Å². The van der Waals surface area contributed by atoms with E-state index in [0.29, 0.717) is 11.2 Å². The molecule has 1 aliphatic rings. The number of halogens is 2. The van der Waals surface area contributed by atoms with Crippen LogP contribution in [-0.2, 0) is 0 Å². The molecule has 0 radical (unpaired) electrons. The quantitative estimate of drug-likeness (QED) is 0.697. The zero-order valence-corrected chi connectivity index (χ0v) is 8.06. The van der Waals surface area contributed by atoms with Gasteiger partial charge in [0, 0.05) is 12.1 Å². The van der Waals surface area contributed by atoms with Crippen molar-refractivity contribution in [1.82, 2.24) is 9.97 Å². The predicted molar refractivity (Wildman–Crippen MR) is 46.7 cm³/mol. The third kappa shape index (κ3) is 1.54. The van der Waals surface area contributed by atoms with Crippen LogP contribution in [0.1, 0.15) is 24.5 Å². The summed E-state index contributed by atoms with van der Waals surface area (Å²) in [7, 11) is 0. The summed E-state index contributed by atoms with van der Waals surface area (Å²) >= 11 is 9.03. The fraction of sp³-hybridized carbons (Fsp3) is 0.429. The van der Waals surface area contributed by atoms with Crippen molar-refractivity contribution < 1.29 is 0 Å². The third-order valence-corrected chi connectivity index (χ3v) is 2.50. The molecule has 0 bridgehead atoms. The van der Waals surface area contributed by atoms with Crippen LogP contribution in [0.25, 0.3) is 0 Å². The number of rotatable bonds is 1. The molecule has 1 fully saturated rings. The monoisotopic (exact) mass is 232 g/mol. The van der Waals surface area contributed by atoms with E-state index in [9.17, 15) is 0 Å². The average Bonchev–Trinajstić information content (AvgIpc) is 2.76. The Bertz CT molecular complexity index is 286. The van der Waals surface area contributed by atoms with Gasteiger partial charge in [0.25, 0.3) is 0 Å². The summed E-state index contributed by atoms with van der Waals surface area (Å²) in [6.07, 6.45) is 4.17. The van der Waals surface area contributed by atoms with E-state index < -0.39 is 0 Å². The van der Waals surface area contributed by atoms with Crippen LogP contribution in [-0.4, -0.2) is 9.97 Å². The lowest BCUT2D eigenvalue weighted by molar-refractivity contribution is 0.973. The molecule has 1 heterocycles.